The van der Waals surface area contributed by atoms with Gasteiger partial charge in [-0.15, -0.1) is 0 Å². The first kappa shape index (κ1) is 20.6. The number of nitrogens with one attached hydrogen (secondary N) is 1. The summed E-state index contributed by atoms with van der Waals surface area (Å²) in [6.07, 6.45) is 7.28. The van der Waals surface area contributed by atoms with Gasteiger partial charge in [0.25, 0.3) is 11.8 Å². The van der Waals surface area contributed by atoms with Crippen LogP contribution in [0.2, 0.25) is 0 Å². The average Bonchev–Trinajstić information content (AvgIpc) is 2.93. The minimum absolute atomic E-state index is 0.0328. The summed E-state index contributed by atoms with van der Waals surface area (Å²) in [5.74, 6) is -1.27. The van der Waals surface area contributed by atoms with Crippen LogP contribution >= 0.6 is 0 Å². The van der Waals surface area contributed by atoms with Crippen LogP contribution in [0, 0.1) is 5.92 Å². The maximum Gasteiger partial charge on any atom is 0.326 e. The highest BCUT2D eigenvalue weighted by molar-refractivity contribution is 6.09. The number of rotatable bonds is 5. The highest BCUT2D eigenvalue weighted by atomic mass is 16.5. The molecule has 1 aliphatic carbocycles. The fourth-order valence-electron chi connectivity index (χ4n) is 4.79. The molecular weight excluding hydrogens is 362 g/mol. The van der Waals surface area contributed by atoms with Gasteiger partial charge >= 0.3 is 12.0 Å². The summed E-state index contributed by atoms with van der Waals surface area (Å²) in [5.41, 5.74) is -0.895. The second-order valence-corrected chi connectivity index (χ2v) is 8.25. The van der Waals surface area contributed by atoms with Crippen molar-refractivity contribution < 1.29 is 23.9 Å². The predicted octanol–water partition coefficient (Wildman–Crippen LogP) is 1.82. The van der Waals surface area contributed by atoms with Gasteiger partial charge in [-0.1, -0.05) is 26.7 Å². The number of esters is 1. The van der Waals surface area contributed by atoms with Crippen LogP contribution < -0.4 is 5.32 Å². The highest BCUT2D eigenvalue weighted by Gasteiger charge is 2.55. The maximum absolute atomic E-state index is 12.9. The minimum Gasteiger partial charge on any atom is -0.454 e. The maximum atomic E-state index is 12.9. The summed E-state index contributed by atoms with van der Waals surface area (Å²) in [4.78, 5) is 52.5. The molecule has 1 saturated carbocycles. The second kappa shape index (κ2) is 8.49. The van der Waals surface area contributed by atoms with Crippen LogP contribution in [0.25, 0.3) is 0 Å². The lowest BCUT2D eigenvalue weighted by atomic mass is 9.73. The molecule has 0 bridgehead atoms. The van der Waals surface area contributed by atoms with Crippen LogP contribution in [-0.2, 0) is 19.1 Å². The Morgan fingerprint density at radius 3 is 2.64 bits per heavy atom. The number of amides is 4. The molecule has 0 aromatic carbocycles. The number of hydrogen-bond donors (Lipinski definition) is 1. The number of nitrogens with zero attached hydrogens (tertiary/aromatic N) is 2. The molecule has 28 heavy (non-hydrogen) atoms. The molecule has 156 valence electrons. The molecule has 3 fully saturated rings. The third-order valence-electron chi connectivity index (χ3n) is 6.56. The summed E-state index contributed by atoms with van der Waals surface area (Å²) in [6.45, 7) is 3.88. The van der Waals surface area contributed by atoms with Crippen LogP contribution in [0.3, 0.4) is 0 Å². The molecule has 0 radical (unpaired) electrons. The summed E-state index contributed by atoms with van der Waals surface area (Å²) >= 11 is 0. The SMILES string of the molecule is CC[C@H]1CCCCN1C(=O)COC(=O)CN1C(=O)N[C@]2(CCCC[C@@H]2C)C1=O. The predicted molar refractivity (Wildman–Crippen MR) is 101 cm³/mol. The minimum atomic E-state index is -0.895. The van der Waals surface area contributed by atoms with Gasteiger partial charge in [0.1, 0.15) is 12.1 Å². The van der Waals surface area contributed by atoms with Gasteiger partial charge in [0.2, 0.25) is 0 Å². The Morgan fingerprint density at radius 1 is 1.18 bits per heavy atom. The lowest BCUT2D eigenvalue weighted by Crippen LogP contribution is -2.54. The Kier molecular flexibility index (Phi) is 6.25. The molecule has 1 spiro atoms. The molecule has 3 rings (SSSR count). The van der Waals surface area contributed by atoms with Crippen LogP contribution in [0.15, 0.2) is 0 Å². The third kappa shape index (κ3) is 3.86. The van der Waals surface area contributed by atoms with Crippen molar-refractivity contribution in [3.63, 3.8) is 0 Å². The number of imide groups is 1. The Balaban J connectivity index is 1.54. The van der Waals surface area contributed by atoms with Crippen molar-refractivity contribution in [1.29, 1.82) is 0 Å². The first-order valence-electron chi connectivity index (χ1n) is 10.5. The molecule has 3 atom stereocenters. The van der Waals surface area contributed by atoms with E-state index in [0.717, 1.165) is 49.8 Å². The molecule has 0 aromatic rings. The summed E-state index contributed by atoms with van der Waals surface area (Å²) in [5, 5.41) is 2.81. The van der Waals surface area contributed by atoms with E-state index >= 15 is 0 Å². The number of hydrogen-bond acceptors (Lipinski definition) is 5. The number of ether oxygens (including phenoxy) is 1. The number of carbonyl (C=O) groups excluding carboxylic acids is 4. The summed E-state index contributed by atoms with van der Waals surface area (Å²) in [7, 11) is 0. The Bertz CT molecular complexity index is 652. The van der Waals surface area contributed by atoms with E-state index in [1.54, 1.807) is 4.90 Å². The van der Waals surface area contributed by atoms with Crippen molar-refractivity contribution >= 4 is 23.8 Å². The largest absolute Gasteiger partial charge is 0.454 e. The van der Waals surface area contributed by atoms with Crippen LogP contribution in [0.1, 0.15) is 65.2 Å². The fourth-order valence-corrected chi connectivity index (χ4v) is 4.79. The van der Waals surface area contributed by atoms with Gasteiger partial charge in [-0.25, -0.2) is 4.79 Å². The van der Waals surface area contributed by atoms with Crippen molar-refractivity contribution in [2.24, 2.45) is 5.92 Å². The molecule has 8 heteroatoms. The number of piperidine rings is 1. The molecule has 0 aromatic heterocycles. The van der Waals surface area contributed by atoms with Crippen molar-refractivity contribution in [2.45, 2.75) is 76.8 Å². The highest BCUT2D eigenvalue weighted by Crippen LogP contribution is 2.38. The first-order chi connectivity index (χ1) is 13.4. The molecule has 8 nitrogen and oxygen atoms in total. The molecule has 1 N–H and O–H groups in total. The van der Waals surface area contributed by atoms with Crippen LogP contribution in [-0.4, -0.2) is 64.9 Å². The topological polar surface area (TPSA) is 96.0 Å². The molecule has 2 aliphatic heterocycles. The number of urea groups is 1. The zero-order valence-electron chi connectivity index (χ0n) is 16.9. The summed E-state index contributed by atoms with van der Waals surface area (Å²) in [6, 6.07) is -0.359. The van der Waals surface area contributed by atoms with Crippen LogP contribution in [0.5, 0.6) is 0 Å². The summed E-state index contributed by atoms with van der Waals surface area (Å²) < 4.78 is 5.11. The molecule has 4 amide bonds. The fraction of sp³-hybridized carbons (Fsp3) is 0.800. The first-order valence-corrected chi connectivity index (χ1v) is 10.5. The molecule has 2 heterocycles. The zero-order chi connectivity index (χ0) is 20.3. The quantitative estimate of drug-likeness (QED) is 0.568. The standard InChI is InChI=1S/C20H31N3O5/c1-3-15-9-5-7-11-22(15)16(24)13-28-17(25)12-23-18(26)20(21-19(23)27)10-6-4-8-14(20)2/h14-15H,3-13H2,1-2H3,(H,21,27)/t14-,15-,20-/m0/s1. The number of carbonyl (C=O) groups is 4. The van der Waals surface area contributed by atoms with Gasteiger partial charge < -0.3 is 15.0 Å². The monoisotopic (exact) mass is 393 g/mol. The van der Waals surface area contributed by atoms with E-state index in [2.05, 4.69) is 5.32 Å². The third-order valence-corrected chi connectivity index (χ3v) is 6.56. The lowest BCUT2D eigenvalue weighted by Gasteiger charge is -2.36. The van der Waals surface area contributed by atoms with Crippen LogP contribution in [0.4, 0.5) is 4.79 Å². The van der Waals surface area contributed by atoms with Gasteiger partial charge in [0.05, 0.1) is 0 Å². The number of likely N-dealkylation sites (tertiary alicyclic amines) is 1. The Morgan fingerprint density at radius 2 is 1.93 bits per heavy atom. The van der Waals surface area contributed by atoms with Gasteiger partial charge in [0.15, 0.2) is 6.61 Å². The lowest BCUT2D eigenvalue weighted by molar-refractivity contribution is -0.155. The van der Waals surface area contributed by atoms with E-state index in [4.69, 9.17) is 4.74 Å². The molecule has 3 aliphatic rings. The zero-order valence-corrected chi connectivity index (χ0v) is 16.9. The van der Waals surface area contributed by atoms with Crippen molar-refractivity contribution in [2.75, 3.05) is 19.7 Å². The van der Waals surface area contributed by atoms with E-state index in [0.29, 0.717) is 13.0 Å². The second-order valence-electron chi connectivity index (χ2n) is 8.25. The van der Waals surface area contributed by atoms with Gasteiger partial charge in [-0.3, -0.25) is 19.3 Å². The smallest absolute Gasteiger partial charge is 0.326 e. The van der Waals surface area contributed by atoms with Crippen molar-refractivity contribution in [3.05, 3.63) is 0 Å². The van der Waals surface area contributed by atoms with Gasteiger partial charge in [-0.05, 0) is 44.4 Å². The Labute approximate surface area is 165 Å². The van der Waals surface area contributed by atoms with E-state index < -0.39 is 24.1 Å². The molecule has 0 unspecified atom stereocenters. The van der Waals surface area contributed by atoms with Crippen molar-refractivity contribution in [1.82, 2.24) is 15.1 Å². The average molecular weight is 393 g/mol. The van der Waals surface area contributed by atoms with Gasteiger partial charge in [-0.2, -0.15) is 0 Å². The van der Waals surface area contributed by atoms with Gasteiger partial charge in [0, 0.05) is 12.6 Å². The van der Waals surface area contributed by atoms with E-state index in [-0.39, 0.29) is 30.4 Å². The van der Waals surface area contributed by atoms with E-state index in [1.165, 1.54) is 0 Å². The Hall–Kier alpha value is -2.12. The van der Waals surface area contributed by atoms with Crippen molar-refractivity contribution in [3.8, 4) is 0 Å². The van der Waals surface area contributed by atoms with E-state index in [9.17, 15) is 19.2 Å². The molecular formula is C20H31N3O5. The normalized spacial score (nSPS) is 30.5. The molecule has 2 saturated heterocycles. The van der Waals surface area contributed by atoms with E-state index in [1.807, 2.05) is 13.8 Å².